The Morgan fingerprint density at radius 3 is 2.90 bits per heavy atom. The van der Waals surface area contributed by atoms with Crippen LogP contribution in [0.15, 0.2) is 44.2 Å². The summed E-state index contributed by atoms with van der Waals surface area (Å²) >= 11 is 1.27. The van der Waals surface area contributed by atoms with Crippen molar-refractivity contribution in [3.63, 3.8) is 0 Å². The van der Waals surface area contributed by atoms with Gasteiger partial charge in [0.25, 0.3) is 5.56 Å². The zero-order chi connectivity index (χ0) is 14.4. The predicted molar refractivity (Wildman–Crippen MR) is 77.1 cm³/mol. The number of aromatic nitrogens is 3. The molecule has 0 N–H and O–H groups in total. The van der Waals surface area contributed by atoms with Crippen molar-refractivity contribution in [2.24, 2.45) is 0 Å². The molecule has 0 spiro atoms. The lowest BCUT2D eigenvalue weighted by atomic mass is 10.4. The van der Waals surface area contributed by atoms with Gasteiger partial charge in [-0.2, -0.15) is 9.50 Å². The highest BCUT2D eigenvalue weighted by Gasteiger charge is 2.13. The maximum absolute atomic E-state index is 12.3. The van der Waals surface area contributed by atoms with Gasteiger partial charge in [0.2, 0.25) is 10.8 Å². The van der Waals surface area contributed by atoms with Crippen molar-refractivity contribution in [3.05, 3.63) is 56.9 Å². The number of aryl methyl sites for hydroxylation is 1. The summed E-state index contributed by atoms with van der Waals surface area (Å²) < 4.78 is 12.5. The molecule has 4 aromatic rings. The van der Waals surface area contributed by atoms with Crippen LogP contribution in [0.3, 0.4) is 0 Å². The van der Waals surface area contributed by atoms with E-state index < -0.39 is 0 Å². The summed E-state index contributed by atoms with van der Waals surface area (Å²) in [4.78, 5) is 17.1. The summed E-state index contributed by atoms with van der Waals surface area (Å²) in [5.41, 5.74) is -0.214. The topological polar surface area (TPSA) is 73.5 Å². The Labute approximate surface area is 122 Å². The van der Waals surface area contributed by atoms with E-state index in [0.717, 1.165) is 5.76 Å². The van der Waals surface area contributed by atoms with Gasteiger partial charge >= 0.3 is 0 Å². The summed E-state index contributed by atoms with van der Waals surface area (Å²) in [6.07, 6.45) is 3.24. The van der Waals surface area contributed by atoms with Gasteiger partial charge in [0.15, 0.2) is 5.76 Å². The second kappa shape index (κ2) is 4.42. The SMILES string of the molecule is Cc1ccc(C=c2sc3nc(-c4ccco4)nn3c2=O)o1. The van der Waals surface area contributed by atoms with Crippen molar-refractivity contribution in [3.8, 4) is 11.6 Å². The van der Waals surface area contributed by atoms with Crippen molar-refractivity contribution in [2.45, 2.75) is 6.92 Å². The molecule has 4 aromatic heterocycles. The number of fused-ring (bicyclic) bond motifs is 1. The second-order valence-electron chi connectivity index (χ2n) is 4.47. The molecule has 4 rings (SSSR count). The molecule has 0 aliphatic heterocycles. The monoisotopic (exact) mass is 299 g/mol. The van der Waals surface area contributed by atoms with E-state index >= 15 is 0 Å². The molecular formula is C14H9N3O3S. The summed E-state index contributed by atoms with van der Waals surface area (Å²) in [7, 11) is 0. The second-order valence-corrected chi connectivity index (χ2v) is 5.48. The van der Waals surface area contributed by atoms with Crippen LogP contribution in [0.2, 0.25) is 0 Å². The first-order chi connectivity index (χ1) is 10.2. The minimum absolute atomic E-state index is 0.214. The zero-order valence-corrected chi connectivity index (χ0v) is 11.8. The Morgan fingerprint density at radius 1 is 1.33 bits per heavy atom. The number of hydrogen-bond acceptors (Lipinski definition) is 6. The molecule has 7 heteroatoms. The van der Waals surface area contributed by atoms with Gasteiger partial charge in [0, 0.05) is 6.08 Å². The minimum atomic E-state index is -0.214. The molecular weight excluding hydrogens is 290 g/mol. The Balaban J connectivity index is 1.86. The van der Waals surface area contributed by atoms with E-state index in [-0.39, 0.29) is 5.56 Å². The maximum atomic E-state index is 12.3. The van der Waals surface area contributed by atoms with Crippen LogP contribution in [0, 0.1) is 6.92 Å². The van der Waals surface area contributed by atoms with E-state index in [2.05, 4.69) is 10.1 Å². The van der Waals surface area contributed by atoms with E-state index in [0.29, 0.717) is 26.8 Å². The predicted octanol–water partition coefficient (Wildman–Crippen LogP) is 1.86. The van der Waals surface area contributed by atoms with Crippen LogP contribution in [0.5, 0.6) is 0 Å². The highest BCUT2D eigenvalue weighted by atomic mass is 32.1. The third-order valence-corrected chi connectivity index (χ3v) is 3.92. The summed E-state index contributed by atoms with van der Waals surface area (Å²) in [6.45, 7) is 1.86. The summed E-state index contributed by atoms with van der Waals surface area (Å²) in [5.74, 6) is 2.38. The van der Waals surface area contributed by atoms with Crippen molar-refractivity contribution >= 4 is 22.4 Å². The fraction of sp³-hybridized carbons (Fsp3) is 0.0714. The number of thiazole rings is 1. The molecule has 0 atom stereocenters. The maximum Gasteiger partial charge on any atom is 0.291 e. The van der Waals surface area contributed by atoms with Gasteiger partial charge in [-0.3, -0.25) is 4.79 Å². The quantitative estimate of drug-likeness (QED) is 0.565. The van der Waals surface area contributed by atoms with Crippen LogP contribution >= 0.6 is 11.3 Å². The average Bonchev–Trinajstić information content (AvgIpc) is 3.18. The molecule has 0 saturated heterocycles. The van der Waals surface area contributed by atoms with Crippen LogP contribution in [0.1, 0.15) is 11.5 Å². The molecule has 0 aromatic carbocycles. The average molecular weight is 299 g/mol. The zero-order valence-electron chi connectivity index (χ0n) is 10.9. The number of hydrogen-bond donors (Lipinski definition) is 0. The molecule has 0 fully saturated rings. The van der Waals surface area contributed by atoms with Gasteiger partial charge in [-0.05, 0) is 31.2 Å². The summed E-state index contributed by atoms with van der Waals surface area (Å²) in [5, 5.41) is 4.18. The van der Waals surface area contributed by atoms with E-state index in [9.17, 15) is 4.79 Å². The lowest BCUT2D eigenvalue weighted by Gasteiger charge is -1.84. The smallest absolute Gasteiger partial charge is 0.291 e. The van der Waals surface area contributed by atoms with Gasteiger partial charge in [0.1, 0.15) is 16.1 Å². The van der Waals surface area contributed by atoms with Crippen LogP contribution in [0.25, 0.3) is 22.6 Å². The molecule has 0 amide bonds. The molecule has 0 unspecified atom stereocenters. The highest BCUT2D eigenvalue weighted by molar-refractivity contribution is 7.15. The molecule has 21 heavy (non-hydrogen) atoms. The Hall–Kier alpha value is -2.67. The van der Waals surface area contributed by atoms with Gasteiger partial charge in [0.05, 0.1) is 6.26 Å². The van der Waals surface area contributed by atoms with Gasteiger partial charge in [-0.15, -0.1) is 5.10 Å². The van der Waals surface area contributed by atoms with E-state index in [1.54, 1.807) is 24.5 Å². The van der Waals surface area contributed by atoms with E-state index in [1.807, 2.05) is 19.1 Å². The molecule has 104 valence electrons. The first kappa shape index (κ1) is 12.1. The van der Waals surface area contributed by atoms with Crippen molar-refractivity contribution in [2.75, 3.05) is 0 Å². The van der Waals surface area contributed by atoms with Crippen LogP contribution in [-0.4, -0.2) is 14.6 Å². The van der Waals surface area contributed by atoms with Gasteiger partial charge in [-0.1, -0.05) is 11.3 Å². The van der Waals surface area contributed by atoms with E-state index in [1.165, 1.54) is 15.9 Å². The van der Waals surface area contributed by atoms with Crippen LogP contribution < -0.4 is 10.1 Å². The molecule has 0 saturated carbocycles. The third kappa shape index (κ3) is 1.98. The Bertz CT molecular complexity index is 1020. The van der Waals surface area contributed by atoms with Crippen molar-refractivity contribution in [1.29, 1.82) is 0 Å². The summed E-state index contributed by atoms with van der Waals surface area (Å²) in [6, 6.07) is 7.17. The first-order valence-corrected chi connectivity index (χ1v) is 7.04. The molecule has 0 aliphatic carbocycles. The van der Waals surface area contributed by atoms with E-state index in [4.69, 9.17) is 8.83 Å². The fourth-order valence-corrected chi connectivity index (χ4v) is 2.89. The minimum Gasteiger partial charge on any atom is -0.462 e. The largest absolute Gasteiger partial charge is 0.462 e. The normalized spacial score (nSPS) is 12.5. The fourth-order valence-electron chi connectivity index (χ4n) is 2.00. The molecule has 0 bridgehead atoms. The molecule has 0 aliphatic rings. The first-order valence-electron chi connectivity index (χ1n) is 6.22. The molecule has 6 nitrogen and oxygen atoms in total. The lowest BCUT2D eigenvalue weighted by molar-refractivity contribution is 0.525. The Morgan fingerprint density at radius 2 is 2.24 bits per heavy atom. The van der Waals surface area contributed by atoms with Gasteiger partial charge in [-0.25, -0.2) is 0 Å². The van der Waals surface area contributed by atoms with Crippen molar-refractivity contribution < 1.29 is 8.83 Å². The lowest BCUT2D eigenvalue weighted by Crippen LogP contribution is -2.23. The molecule has 4 heterocycles. The Kier molecular flexibility index (Phi) is 2.55. The number of furan rings is 2. The molecule has 0 radical (unpaired) electrons. The standard InChI is InChI=1S/C14H9N3O3S/c1-8-4-5-9(20-8)7-11-13(18)17-14(21-11)15-12(16-17)10-3-2-6-19-10/h2-7H,1H3. The number of rotatable bonds is 2. The van der Waals surface area contributed by atoms with Crippen LogP contribution in [-0.2, 0) is 0 Å². The van der Waals surface area contributed by atoms with Gasteiger partial charge < -0.3 is 8.83 Å². The highest BCUT2D eigenvalue weighted by Crippen LogP contribution is 2.16. The van der Waals surface area contributed by atoms with Crippen molar-refractivity contribution in [1.82, 2.24) is 14.6 Å². The van der Waals surface area contributed by atoms with Crippen LogP contribution in [0.4, 0.5) is 0 Å². The number of nitrogens with zero attached hydrogens (tertiary/aromatic N) is 3. The third-order valence-electron chi connectivity index (χ3n) is 2.96.